The lowest BCUT2D eigenvalue weighted by Crippen LogP contribution is -2.39. The van der Waals surface area contributed by atoms with Crippen LogP contribution in [-0.4, -0.2) is 39.0 Å². The molecule has 0 saturated heterocycles. The third-order valence-electron chi connectivity index (χ3n) is 7.63. The predicted octanol–water partition coefficient (Wildman–Crippen LogP) is 4.57. The maximum atomic E-state index is 11.7. The molecule has 6 rings (SSSR count). The van der Waals surface area contributed by atoms with Gasteiger partial charge in [-0.2, -0.15) is 0 Å². The van der Waals surface area contributed by atoms with Crippen LogP contribution in [-0.2, 0) is 43.9 Å². The van der Waals surface area contributed by atoms with Gasteiger partial charge in [-0.3, -0.25) is 4.90 Å². The summed E-state index contributed by atoms with van der Waals surface area (Å²) in [5.41, 5.74) is 7.27. The monoisotopic (exact) mass is 502 g/mol. The Morgan fingerprint density at radius 2 is 1.89 bits per heavy atom. The van der Waals surface area contributed by atoms with Crippen molar-refractivity contribution in [3.8, 4) is 11.5 Å². The molecule has 2 unspecified atom stereocenters. The van der Waals surface area contributed by atoms with E-state index in [1.807, 2.05) is 30.3 Å². The number of ether oxygens (including phenoxy) is 2. The van der Waals surface area contributed by atoms with E-state index in [1.165, 1.54) is 27.8 Å². The van der Waals surface area contributed by atoms with Crippen LogP contribution in [0.25, 0.3) is 10.9 Å². The minimum atomic E-state index is -0.993. The summed E-state index contributed by atoms with van der Waals surface area (Å²) in [6.07, 6.45) is 3.53. The topological polar surface area (TPSA) is 69.9 Å². The SMILES string of the molecule is COc1cc2c(cc1OCc1ccc([S+](C)[O-])cc1)C1Cc3c(n(CO)c4ccccc34)CN1CC2. The van der Waals surface area contributed by atoms with Crippen LogP contribution in [0.4, 0.5) is 0 Å². The van der Waals surface area contributed by atoms with Gasteiger partial charge in [-0.25, -0.2) is 0 Å². The summed E-state index contributed by atoms with van der Waals surface area (Å²) in [4.78, 5) is 3.33. The molecule has 1 N–H and O–H groups in total. The number of aliphatic hydroxyl groups is 1. The second-order valence-corrected chi connectivity index (χ2v) is 10.9. The quantitative estimate of drug-likeness (QED) is 0.391. The van der Waals surface area contributed by atoms with E-state index in [9.17, 15) is 9.66 Å². The molecule has 7 heteroatoms. The first-order chi connectivity index (χ1) is 17.6. The Kier molecular flexibility index (Phi) is 6.17. The fourth-order valence-corrected chi connectivity index (χ4v) is 6.30. The van der Waals surface area contributed by atoms with Crippen LogP contribution < -0.4 is 9.47 Å². The minimum absolute atomic E-state index is 0.00469. The van der Waals surface area contributed by atoms with Crippen molar-refractivity contribution < 1.29 is 19.1 Å². The van der Waals surface area contributed by atoms with Gasteiger partial charge >= 0.3 is 0 Å². The van der Waals surface area contributed by atoms with Crippen LogP contribution in [0.3, 0.4) is 0 Å². The van der Waals surface area contributed by atoms with Crippen molar-refractivity contribution in [2.45, 2.75) is 43.7 Å². The van der Waals surface area contributed by atoms with Crippen molar-refractivity contribution in [1.29, 1.82) is 0 Å². The van der Waals surface area contributed by atoms with E-state index in [4.69, 9.17) is 9.47 Å². The number of aliphatic hydroxyl groups excluding tert-OH is 1. The highest BCUT2D eigenvalue weighted by molar-refractivity contribution is 7.90. The van der Waals surface area contributed by atoms with Gasteiger partial charge < -0.3 is 23.7 Å². The largest absolute Gasteiger partial charge is 0.612 e. The maximum Gasteiger partial charge on any atom is 0.162 e. The number of hydrogen-bond acceptors (Lipinski definition) is 5. The number of fused-ring (bicyclic) bond motifs is 6. The fraction of sp³-hybridized carbons (Fsp3) is 0.310. The van der Waals surface area contributed by atoms with Gasteiger partial charge in [0.1, 0.15) is 19.6 Å². The highest BCUT2D eigenvalue weighted by atomic mass is 32.2. The lowest BCUT2D eigenvalue weighted by Gasteiger charge is -2.41. The summed E-state index contributed by atoms with van der Waals surface area (Å²) in [7, 11) is 1.69. The number of benzene rings is 3. The summed E-state index contributed by atoms with van der Waals surface area (Å²) in [5, 5.41) is 11.4. The van der Waals surface area contributed by atoms with E-state index in [2.05, 4.69) is 39.8 Å². The molecule has 0 saturated carbocycles. The molecule has 3 heterocycles. The van der Waals surface area contributed by atoms with E-state index < -0.39 is 11.2 Å². The summed E-state index contributed by atoms with van der Waals surface area (Å²) < 4.78 is 25.7. The van der Waals surface area contributed by atoms with Gasteiger partial charge in [-0.15, -0.1) is 0 Å². The fourth-order valence-electron chi connectivity index (χ4n) is 5.78. The molecule has 0 amide bonds. The molecule has 6 nitrogen and oxygen atoms in total. The van der Waals surface area contributed by atoms with Crippen molar-refractivity contribution >= 4 is 22.1 Å². The number of rotatable bonds is 6. The van der Waals surface area contributed by atoms with E-state index in [0.29, 0.717) is 6.61 Å². The standard InChI is InChI=1S/C29H30N2O4S/c1-34-28-13-20-11-12-30-16-27-24(22-5-3-4-6-25(22)31(27)18-32)14-26(30)23(20)15-29(28)35-17-19-7-9-21(10-8-19)36(2)33/h3-10,13,15,26,32H,11-12,14,16-18H2,1-2H3. The number of para-hydroxylation sites is 1. The molecule has 0 spiro atoms. The van der Waals surface area contributed by atoms with Crippen LogP contribution in [0.1, 0.15) is 34.0 Å². The average Bonchev–Trinajstić information content (AvgIpc) is 3.22. The molecule has 0 radical (unpaired) electrons. The van der Waals surface area contributed by atoms with Gasteiger partial charge in [0.05, 0.1) is 12.6 Å². The Morgan fingerprint density at radius 1 is 1.08 bits per heavy atom. The Bertz CT molecular complexity index is 1410. The molecule has 0 fully saturated rings. The van der Waals surface area contributed by atoms with Crippen LogP contribution in [0, 0.1) is 0 Å². The minimum Gasteiger partial charge on any atom is -0.612 e. The van der Waals surface area contributed by atoms with Gasteiger partial charge in [0, 0.05) is 30.2 Å². The molecule has 4 aromatic rings. The molecule has 2 aliphatic rings. The van der Waals surface area contributed by atoms with E-state index >= 15 is 0 Å². The lowest BCUT2D eigenvalue weighted by molar-refractivity contribution is 0.145. The zero-order valence-electron chi connectivity index (χ0n) is 20.6. The third kappa shape index (κ3) is 3.96. The Labute approximate surface area is 214 Å². The first-order valence-electron chi connectivity index (χ1n) is 12.3. The van der Waals surface area contributed by atoms with E-state index in [-0.39, 0.29) is 12.8 Å². The highest BCUT2D eigenvalue weighted by Crippen LogP contribution is 2.44. The molecule has 2 atom stereocenters. The first-order valence-corrected chi connectivity index (χ1v) is 13.8. The summed E-state index contributed by atoms with van der Waals surface area (Å²) in [5.74, 6) is 1.49. The van der Waals surface area contributed by atoms with E-state index in [0.717, 1.165) is 53.4 Å². The number of methoxy groups -OCH3 is 1. The molecule has 0 bridgehead atoms. The Hall–Kier alpha value is -2.97. The molecular formula is C29H30N2O4S. The molecule has 0 aliphatic carbocycles. The van der Waals surface area contributed by atoms with Gasteiger partial charge in [0.25, 0.3) is 0 Å². The van der Waals surface area contributed by atoms with Gasteiger partial charge in [-0.05, 0) is 76.6 Å². The summed E-state index contributed by atoms with van der Waals surface area (Å²) in [6, 6.07) is 20.6. The second-order valence-electron chi connectivity index (χ2n) is 9.54. The zero-order chi connectivity index (χ0) is 24.8. The number of aromatic nitrogens is 1. The van der Waals surface area contributed by atoms with Crippen molar-refractivity contribution in [2.24, 2.45) is 0 Å². The lowest BCUT2D eigenvalue weighted by atomic mass is 9.85. The van der Waals surface area contributed by atoms with Crippen LogP contribution in [0.2, 0.25) is 0 Å². The predicted molar refractivity (Wildman–Crippen MR) is 141 cm³/mol. The molecule has 36 heavy (non-hydrogen) atoms. The van der Waals surface area contributed by atoms with Crippen LogP contribution in [0.5, 0.6) is 11.5 Å². The molecule has 1 aromatic heterocycles. The summed E-state index contributed by atoms with van der Waals surface area (Å²) >= 11 is -0.993. The van der Waals surface area contributed by atoms with Gasteiger partial charge in [-0.1, -0.05) is 30.3 Å². The first kappa shape index (κ1) is 23.4. The van der Waals surface area contributed by atoms with Gasteiger partial charge in [0.15, 0.2) is 16.4 Å². The normalized spacial score (nSPS) is 17.8. The zero-order valence-corrected chi connectivity index (χ0v) is 21.4. The second kappa shape index (κ2) is 9.48. The maximum absolute atomic E-state index is 11.7. The van der Waals surface area contributed by atoms with Crippen molar-refractivity contribution in [3.05, 3.63) is 88.6 Å². The molecule has 186 valence electrons. The molecule has 2 aliphatic heterocycles. The third-order valence-corrected chi connectivity index (χ3v) is 8.57. The van der Waals surface area contributed by atoms with Gasteiger partial charge in [0.2, 0.25) is 0 Å². The van der Waals surface area contributed by atoms with Crippen molar-refractivity contribution in [3.63, 3.8) is 0 Å². The number of nitrogens with zero attached hydrogens (tertiary/aromatic N) is 2. The van der Waals surface area contributed by atoms with Crippen molar-refractivity contribution in [1.82, 2.24) is 9.47 Å². The summed E-state index contributed by atoms with van der Waals surface area (Å²) in [6.45, 7) is 2.20. The Morgan fingerprint density at radius 3 is 2.64 bits per heavy atom. The van der Waals surface area contributed by atoms with Crippen LogP contribution >= 0.6 is 0 Å². The molecule has 3 aromatic carbocycles. The molecular weight excluding hydrogens is 472 g/mol. The Balaban J connectivity index is 1.32. The van der Waals surface area contributed by atoms with Crippen LogP contribution in [0.15, 0.2) is 65.6 Å². The van der Waals surface area contributed by atoms with E-state index in [1.54, 1.807) is 13.4 Å². The number of hydrogen-bond donors (Lipinski definition) is 1. The highest BCUT2D eigenvalue weighted by Gasteiger charge is 2.35. The average molecular weight is 503 g/mol. The smallest absolute Gasteiger partial charge is 0.162 e. The van der Waals surface area contributed by atoms with Crippen molar-refractivity contribution in [2.75, 3.05) is 19.9 Å².